The minimum atomic E-state index is -3.74. The lowest BCUT2D eigenvalue weighted by Gasteiger charge is -2.37. The highest BCUT2D eigenvalue weighted by atomic mass is 32.2. The molecule has 0 aliphatic rings. The fraction of sp³-hybridized carbons (Fsp3) is 0.654. The van der Waals surface area contributed by atoms with Crippen molar-refractivity contribution in [3.8, 4) is 0 Å². The number of carbonyl (C=O) groups excluding carboxylic acids is 1. The van der Waals surface area contributed by atoms with Gasteiger partial charge in [0.05, 0.1) is 24.2 Å². The second-order valence-corrected chi connectivity index (χ2v) is 17.8. The van der Waals surface area contributed by atoms with Crippen molar-refractivity contribution in [3.05, 3.63) is 42.0 Å². The summed E-state index contributed by atoms with van der Waals surface area (Å²) in [6.45, 7) is 18.7. The molecule has 1 atom stereocenters. The predicted octanol–water partition coefficient (Wildman–Crippen LogP) is 6.34. The number of nitrogens with one attached hydrogen (secondary N) is 1. The van der Waals surface area contributed by atoms with E-state index in [1.54, 1.807) is 24.3 Å². The minimum Gasteiger partial charge on any atom is -0.444 e. The average molecular weight is 528 g/mol. The zero-order valence-corrected chi connectivity index (χ0v) is 24.8. The van der Waals surface area contributed by atoms with Gasteiger partial charge in [-0.1, -0.05) is 50.6 Å². The Morgan fingerprint density at radius 3 is 2.20 bits per heavy atom. The number of unbranched alkanes of at least 4 members (excludes halogenated alkanes) is 2. The van der Waals surface area contributed by atoms with Crippen LogP contribution in [0.25, 0.3) is 0 Å². The van der Waals surface area contributed by atoms with Gasteiger partial charge < -0.3 is 14.5 Å². The van der Waals surface area contributed by atoms with Gasteiger partial charge in [-0.2, -0.15) is 8.42 Å². The maximum atomic E-state index is 12.3. The molecular weight excluding hydrogens is 482 g/mol. The number of allylic oxidation sites excluding steroid dienone is 1. The summed E-state index contributed by atoms with van der Waals surface area (Å²) in [5, 5.41) is 2.95. The van der Waals surface area contributed by atoms with E-state index >= 15 is 0 Å². The van der Waals surface area contributed by atoms with E-state index in [0.29, 0.717) is 13.0 Å². The summed E-state index contributed by atoms with van der Waals surface area (Å²) in [6.07, 6.45) is 5.48. The Kier molecular flexibility index (Phi) is 11.7. The first kappa shape index (κ1) is 31.3. The third-order valence-electron chi connectivity index (χ3n) is 5.81. The molecule has 0 saturated heterocycles. The standard InChI is InChI=1S/C26H45NO6SSi/c1-21-15-17-23(18-16-21)34(29,30)31-19-13-11-10-12-14-22(27-24(28)33-25(2,3)4)20-32-35(8,9)26(5,6)7/h12,14-18,22H,10-11,13,19-20H2,1-9H3,(H,27,28)/b14-12-/t22-/m1/s1. The molecule has 1 amide bonds. The summed E-state index contributed by atoms with van der Waals surface area (Å²) < 4.78 is 41.3. The molecule has 1 aromatic rings. The van der Waals surface area contributed by atoms with Gasteiger partial charge in [0.1, 0.15) is 5.60 Å². The summed E-state index contributed by atoms with van der Waals surface area (Å²) in [4.78, 5) is 12.5. The fourth-order valence-electron chi connectivity index (χ4n) is 2.69. The number of rotatable bonds is 12. The average Bonchev–Trinajstić information content (AvgIpc) is 2.69. The van der Waals surface area contributed by atoms with Crippen LogP contribution in [0.2, 0.25) is 18.1 Å². The van der Waals surface area contributed by atoms with Crippen LogP contribution in [-0.2, 0) is 23.5 Å². The molecule has 0 bridgehead atoms. The summed E-state index contributed by atoms with van der Waals surface area (Å²) in [5.41, 5.74) is 0.405. The molecule has 1 N–H and O–H groups in total. The zero-order chi connectivity index (χ0) is 26.9. The number of ether oxygens (including phenoxy) is 1. The topological polar surface area (TPSA) is 90.9 Å². The van der Waals surface area contributed by atoms with Gasteiger partial charge in [-0.3, -0.25) is 4.18 Å². The maximum absolute atomic E-state index is 12.3. The molecule has 1 aromatic carbocycles. The smallest absolute Gasteiger partial charge is 0.408 e. The largest absolute Gasteiger partial charge is 0.444 e. The van der Waals surface area contributed by atoms with Crippen LogP contribution in [0.4, 0.5) is 4.79 Å². The second kappa shape index (κ2) is 13.0. The van der Waals surface area contributed by atoms with E-state index in [9.17, 15) is 13.2 Å². The summed E-state index contributed by atoms with van der Waals surface area (Å²) >= 11 is 0. The van der Waals surface area contributed by atoms with Crippen LogP contribution in [-0.4, -0.2) is 47.7 Å². The summed E-state index contributed by atoms with van der Waals surface area (Å²) in [6, 6.07) is 6.28. The first-order valence-electron chi connectivity index (χ1n) is 12.2. The van der Waals surface area contributed by atoms with Crippen molar-refractivity contribution in [2.75, 3.05) is 13.2 Å². The Balaban J connectivity index is 2.59. The minimum absolute atomic E-state index is 0.0616. The molecule has 0 radical (unpaired) electrons. The molecule has 0 spiro atoms. The molecule has 9 heteroatoms. The van der Waals surface area contributed by atoms with Gasteiger partial charge in [0, 0.05) is 0 Å². The molecular formula is C26H45NO6SSi. The molecule has 0 aromatic heterocycles. The Morgan fingerprint density at radius 2 is 1.66 bits per heavy atom. The number of hydrogen-bond acceptors (Lipinski definition) is 6. The Labute approximate surface area is 213 Å². The van der Waals surface area contributed by atoms with E-state index in [0.717, 1.165) is 18.4 Å². The zero-order valence-electron chi connectivity index (χ0n) is 22.9. The van der Waals surface area contributed by atoms with E-state index in [1.807, 2.05) is 39.8 Å². The molecule has 0 saturated carbocycles. The van der Waals surface area contributed by atoms with Gasteiger partial charge in [0.25, 0.3) is 10.1 Å². The molecule has 1 rings (SSSR count). The van der Waals surface area contributed by atoms with Crippen molar-refractivity contribution >= 4 is 24.5 Å². The molecule has 0 heterocycles. The summed E-state index contributed by atoms with van der Waals surface area (Å²) in [7, 11) is -5.72. The van der Waals surface area contributed by atoms with Gasteiger partial charge in [-0.05, 0) is 77.2 Å². The molecule has 7 nitrogen and oxygen atoms in total. The number of amides is 1. The number of hydrogen-bond donors (Lipinski definition) is 1. The van der Waals surface area contributed by atoms with Gasteiger partial charge in [0.2, 0.25) is 0 Å². The fourth-order valence-corrected chi connectivity index (χ4v) is 4.66. The molecule has 0 fully saturated rings. The van der Waals surface area contributed by atoms with Crippen LogP contribution in [0.5, 0.6) is 0 Å². The van der Waals surface area contributed by atoms with Gasteiger partial charge in [0.15, 0.2) is 8.32 Å². The van der Waals surface area contributed by atoms with Gasteiger partial charge in [-0.15, -0.1) is 0 Å². The summed E-state index contributed by atoms with van der Waals surface area (Å²) in [5.74, 6) is 0. The third kappa shape index (κ3) is 12.2. The number of benzene rings is 1. The molecule has 0 aliphatic heterocycles. The van der Waals surface area contributed by atoms with Crippen LogP contribution < -0.4 is 5.32 Å². The second-order valence-electron chi connectivity index (χ2n) is 11.3. The van der Waals surface area contributed by atoms with Crippen LogP contribution in [0, 0.1) is 6.92 Å². The van der Waals surface area contributed by atoms with Crippen molar-refractivity contribution in [2.24, 2.45) is 0 Å². The van der Waals surface area contributed by atoms with Crippen molar-refractivity contribution in [2.45, 2.75) is 102 Å². The Hall–Kier alpha value is -1.68. The van der Waals surface area contributed by atoms with E-state index in [-0.39, 0.29) is 22.6 Å². The lowest BCUT2D eigenvalue weighted by Crippen LogP contribution is -2.46. The molecule has 0 aliphatic carbocycles. The van der Waals surface area contributed by atoms with E-state index in [4.69, 9.17) is 13.3 Å². The maximum Gasteiger partial charge on any atom is 0.408 e. The molecule has 200 valence electrons. The highest BCUT2D eigenvalue weighted by molar-refractivity contribution is 7.86. The number of alkyl carbamates (subject to hydrolysis) is 1. The lowest BCUT2D eigenvalue weighted by atomic mass is 10.2. The van der Waals surface area contributed by atoms with E-state index in [1.165, 1.54) is 0 Å². The first-order chi connectivity index (χ1) is 15.9. The first-order valence-corrected chi connectivity index (χ1v) is 16.5. The highest BCUT2D eigenvalue weighted by Crippen LogP contribution is 2.36. The van der Waals surface area contributed by atoms with Crippen molar-refractivity contribution in [1.82, 2.24) is 5.32 Å². The van der Waals surface area contributed by atoms with Gasteiger partial charge >= 0.3 is 6.09 Å². The lowest BCUT2D eigenvalue weighted by molar-refractivity contribution is 0.0500. The van der Waals surface area contributed by atoms with Crippen molar-refractivity contribution in [3.63, 3.8) is 0 Å². The van der Waals surface area contributed by atoms with Crippen LogP contribution >= 0.6 is 0 Å². The van der Waals surface area contributed by atoms with E-state index < -0.39 is 30.1 Å². The molecule has 0 unspecified atom stereocenters. The quantitative estimate of drug-likeness (QED) is 0.148. The van der Waals surface area contributed by atoms with Gasteiger partial charge in [-0.25, -0.2) is 4.79 Å². The van der Waals surface area contributed by atoms with E-state index in [2.05, 4.69) is 39.2 Å². The number of aryl methyl sites for hydroxylation is 1. The van der Waals surface area contributed by atoms with Crippen molar-refractivity contribution in [1.29, 1.82) is 0 Å². The van der Waals surface area contributed by atoms with Crippen LogP contribution in [0.15, 0.2) is 41.3 Å². The predicted molar refractivity (Wildman–Crippen MR) is 144 cm³/mol. The molecule has 35 heavy (non-hydrogen) atoms. The normalized spacial score (nSPS) is 14.2. The van der Waals surface area contributed by atoms with Crippen LogP contribution in [0.1, 0.15) is 66.4 Å². The van der Waals surface area contributed by atoms with Crippen LogP contribution in [0.3, 0.4) is 0 Å². The number of carbonyl (C=O) groups is 1. The monoisotopic (exact) mass is 527 g/mol. The SMILES string of the molecule is Cc1ccc(S(=O)(=O)OCCCC/C=C\[C@H](CO[Si](C)(C)C(C)(C)C)NC(=O)OC(C)(C)C)cc1. The Bertz CT molecular complexity index is 928. The highest BCUT2D eigenvalue weighted by Gasteiger charge is 2.37. The Morgan fingerprint density at radius 1 is 1.06 bits per heavy atom. The van der Waals surface area contributed by atoms with Crippen molar-refractivity contribution < 1.29 is 26.6 Å². The third-order valence-corrected chi connectivity index (χ3v) is 11.6.